The third kappa shape index (κ3) is 4.34. The number of hydrogen-bond acceptors (Lipinski definition) is 4. The van der Waals surface area contributed by atoms with Gasteiger partial charge in [-0.05, 0) is 46.3 Å². The van der Waals surface area contributed by atoms with Crippen LogP contribution >= 0.6 is 15.9 Å². The number of halogens is 3. The first-order chi connectivity index (χ1) is 12.8. The largest absolute Gasteiger partial charge is 0.379 e. The normalized spacial score (nSPS) is 15.5. The Labute approximate surface area is 163 Å². The first-order valence-electron chi connectivity index (χ1n) is 7.93. The molecular formula is C17H15BrF2N2O4S. The molecule has 0 aromatic heterocycles. The summed E-state index contributed by atoms with van der Waals surface area (Å²) >= 11 is 3.20. The lowest BCUT2D eigenvalue weighted by Crippen LogP contribution is -2.40. The Morgan fingerprint density at radius 3 is 2.48 bits per heavy atom. The number of anilines is 1. The molecule has 0 aliphatic carbocycles. The van der Waals surface area contributed by atoms with Crippen molar-refractivity contribution in [3.8, 4) is 0 Å². The maximum Gasteiger partial charge on any atom is 0.255 e. The van der Waals surface area contributed by atoms with E-state index in [-0.39, 0.29) is 29.2 Å². The van der Waals surface area contributed by atoms with Gasteiger partial charge in [0.2, 0.25) is 10.0 Å². The van der Waals surface area contributed by atoms with Crippen molar-refractivity contribution < 1.29 is 26.7 Å². The van der Waals surface area contributed by atoms with E-state index >= 15 is 0 Å². The van der Waals surface area contributed by atoms with E-state index < -0.39 is 27.6 Å². The number of sulfonamides is 1. The van der Waals surface area contributed by atoms with Crippen molar-refractivity contribution in [2.45, 2.75) is 4.90 Å². The fraction of sp³-hybridized carbons (Fsp3) is 0.235. The van der Waals surface area contributed by atoms with Crippen LogP contribution in [0.3, 0.4) is 0 Å². The van der Waals surface area contributed by atoms with Crippen molar-refractivity contribution in [2.24, 2.45) is 0 Å². The zero-order valence-electron chi connectivity index (χ0n) is 13.9. The van der Waals surface area contributed by atoms with Gasteiger partial charge in [-0.25, -0.2) is 17.2 Å². The van der Waals surface area contributed by atoms with E-state index in [1.165, 1.54) is 22.5 Å². The first-order valence-corrected chi connectivity index (χ1v) is 10.2. The minimum atomic E-state index is -3.83. The molecule has 0 atom stereocenters. The molecule has 1 heterocycles. The van der Waals surface area contributed by atoms with Gasteiger partial charge >= 0.3 is 0 Å². The van der Waals surface area contributed by atoms with Crippen LogP contribution in [-0.4, -0.2) is 44.9 Å². The van der Waals surface area contributed by atoms with Crippen LogP contribution in [0.2, 0.25) is 0 Å². The molecule has 1 fully saturated rings. The SMILES string of the molecule is O=C(Nc1ccc(F)cc1F)c1ccc(Br)c(S(=O)(=O)N2CCOCC2)c1. The molecule has 0 saturated carbocycles. The number of morpholine rings is 1. The maximum absolute atomic E-state index is 13.7. The number of nitrogens with one attached hydrogen (secondary N) is 1. The van der Waals surface area contributed by atoms with Crippen molar-refractivity contribution in [2.75, 3.05) is 31.6 Å². The topological polar surface area (TPSA) is 75.7 Å². The molecule has 1 aliphatic heterocycles. The molecule has 2 aromatic carbocycles. The van der Waals surface area contributed by atoms with Crippen LogP contribution in [0.15, 0.2) is 45.8 Å². The summed E-state index contributed by atoms with van der Waals surface area (Å²) < 4.78 is 59.1. The minimum absolute atomic E-state index is 0.0220. The molecule has 6 nitrogen and oxygen atoms in total. The summed E-state index contributed by atoms with van der Waals surface area (Å²) in [6.45, 7) is 1.01. The van der Waals surface area contributed by atoms with Crippen molar-refractivity contribution in [1.82, 2.24) is 4.31 Å². The second-order valence-corrected chi connectivity index (χ2v) is 8.50. The van der Waals surface area contributed by atoms with Gasteiger partial charge in [-0.1, -0.05) is 0 Å². The number of hydrogen-bond donors (Lipinski definition) is 1. The van der Waals surface area contributed by atoms with Gasteiger partial charge in [0.25, 0.3) is 5.91 Å². The Morgan fingerprint density at radius 2 is 1.81 bits per heavy atom. The Bertz CT molecular complexity index is 979. The van der Waals surface area contributed by atoms with Crippen LogP contribution in [0.5, 0.6) is 0 Å². The van der Waals surface area contributed by atoms with Crippen LogP contribution in [0.25, 0.3) is 0 Å². The van der Waals surface area contributed by atoms with E-state index in [9.17, 15) is 22.0 Å². The Balaban J connectivity index is 1.89. The number of carbonyl (C=O) groups excluding carboxylic acids is 1. The highest BCUT2D eigenvalue weighted by Crippen LogP contribution is 2.27. The molecule has 0 bridgehead atoms. The summed E-state index contributed by atoms with van der Waals surface area (Å²) in [5.74, 6) is -2.42. The number of ether oxygens (including phenoxy) is 1. The summed E-state index contributed by atoms with van der Waals surface area (Å²) in [4.78, 5) is 12.3. The van der Waals surface area contributed by atoms with Crippen LogP contribution in [0.4, 0.5) is 14.5 Å². The monoisotopic (exact) mass is 460 g/mol. The van der Waals surface area contributed by atoms with E-state index in [4.69, 9.17) is 4.74 Å². The first kappa shape index (κ1) is 19.9. The zero-order valence-corrected chi connectivity index (χ0v) is 16.3. The van der Waals surface area contributed by atoms with Gasteiger partial charge in [0, 0.05) is 29.2 Å². The van der Waals surface area contributed by atoms with Crippen molar-refractivity contribution >= 4 is 37.5 Å². The van der Waals surface area contributed by atoms with Crippen molar-refractivity contribution in [3.63, 3.8) is 0 Å². The third-order valence-electron chi connectivity index (χ3n) is 3.96. The number of carbonyl (C=O) groups is 1. The second-order valence-electron chi connectivity index (χ2n) is 5.74. The van der Waals surface area contributed by atoms with Crippen LogP contribution in [-0.2, 0) is 14.8 Å². The van der Waals surface area contributed by atoms with Gasteiger partial charge in [-0.2, -0.15) is 4.31 Å². The fourth-order valence-corrected chi connectivity index (χ4v) is 4.91. The highest BCUT2D eigenvalue weighted by molar-refractivity contribution is 9.10. The number of benzene rings is 2. The predicted molar refractivity (Wildman–Crippen MR) is 98.0 cm³/mol. The van der Waals surface area contributed by atoms with E-state index in [0.717, 1.165) is 12.1 Å². The molecule has 0 spiro atoms. The average Bonchev–Trinajstić information content (AvgIpc) is 2.65. The minimum Gasteiger partial charge on any atom is -0.379 e. The molecule has 144 valence electrons. The second kappa shape index (κ2) is 8.01. The van der Waals surface area contributed by atoms with Gasteiger partial charge in [0.1, 0.15) is 11.6 Å². The molecule has 10 heteroatoms. The predicted octanol–water partition coefficient (Wildman–Crippen LogP) is 3.00. The molecule has 1 aliphatic rings. The van der Waals surface area contributed by atoms with Crippen LogP contribution < -0.4 is 5.32 Å². The van der Waals surface area contributed by atoms with Gasteiger partial charge in [-0.15, -0.1) is 0 Å². The van der Waals surface area contributed by atoms with E-state index in [0.29, 0.717) is 23.8 Å². The molecule has 3 rings (SSSR count). The maximum atomic E-state index is 13.7. The van der Waals surface area contributed by atoms with Gasteiger partial charge in [0.05, 0.1) is 23.8 Å². The number of rotatable bonds is 4. The van der Waals surface area contributed by atoms with Crippen molar-refractivity contribution in [1.29, 1.82) is 0 Å². The standard InChI is InChI=1S/C17H15BrF2N2O4S/c18-13-3-1-11(17(23)21-15-4-2-12(19)10-14(15)20)9-16(13)27(24,25)22-5-7-26-8-6-22/h1-4,9-10H,5-8H2,(H,21,23). The quantitative estimate of drug-likeness (QED) is 0.760. The van der Waals surface area contributed by atoms with Gasteiger partial charge < -0.3 is 10.1 Å². The Morgan fingerprint density at radius 1 is 1.11 bits per heavy atom. The lowest BCUT2D eigenvalue weighted by molar-refractivity contribution is 0.0730. The summed E-state index contributed by atoms with van der Waals surface area (Å²) in [5, 5.41) is 2.31. The lowest BCUT2D eigenvalue weighted by atomic mass is 10.2. The summed E-state index contributed by atoms with van der Waals surface area (Å²) in [6.07, 6.45) is 0. The van der Waals surface area contributed by atoms with Crippen molar-refractivity contribution in [3.05, 3.63) is 58.1 Å². The van der Waals surface area contributed by atoms with E-state index in [1.54, 1.807) is 0 Å². The molecule has 1 saturated heterocycles. The zero-order chi connectivity index (χ0) is 19.6. The Hall–Kier alpha value is -1.88. The van der Waals surface area contributed by atoms with E-state index in [2.05, 4.69) is 21.2 Å². The third-order valence-corrected chi connectivity index (χ3v) is 6.85. The molecule has 1 N–H and O–H groups in total. The summed E-state index contributed by atoms with van der Waals surface area (Å²) in [7, 11) is -3.83. The van der Waals surface area contributed by atoms with E-state index in [1.807, 2.05) is 0 Å². The molecular weight excluding hydrogens is 446 g/mol. The molecule has 0 radical (unpaired) electrons. The Kier molecular flexibility index (Phi) is 5.89. The van der Waals surface area contributed by atoms with Gasteiger partial charge in [-0.3, -0.25) is 4.79 Å². The van der Waals surface area contributed by atoms with Gasteiger partial charge in [0.15, 0.2) is 0 Å². The summed E-state index contributed by atoms with van der Waals surface area (Å²) in [5.41, 5.74) is -0.185. The molecule has 0 unspecified atom stereocenters. The highest BCUT2D eigenvalue weighted by atomic mass is 79.9. The smallest absolute Gasteiger partial charge is 0.255 e. The van der Waals surface area contributed by atoms with Crippen LogP contribution in [0.1, 0.15) is 10.4 Å². The average molecular weight is 461 g/mol. The molecule has 27 heavy (non-hydrogen) atoms. The van der Waals surface area contributed by atoms with Crippen LogP contribution in [0, 0.1) is 11.6 Å². The lowest BCUT2D eigenvalue weighted by Gasteiger charge is -2.26. The number of amides is 1. The molecule has 2 aromatic rings. The highest BCUT2D eigenvalue weighted by Gasteiger charge is 2.29. The number of nitrogens with zero attached hydrogens (tertiary/aromatic N) is 1. The molecule has 1 amide bonds. The summed E-state index contributed by atoms with van der Waals surface area (Å²) in [6, 6.07) is 6.79. The fourth-order valence-electron chi connectivity index (χ4n) is 2.55.